The minimum absolute atomic E-state index is 0.198. The van der Waals surface area contributed by atoms with Gasteiger partial charge in [0.05, 0.1) is 12.5 Å². The first-order valence-corrected chi connectivity index (χ1v) is 6.24. The molecule has 0 saturated heterocycles. The summed E-state index contributed by atoms with van der Waals surface area (Å²) in [5.41, 5.74) is -1.54. The summed E-state index contributed by atoms with van der Waals surface area (Å²) in [7, 11) is 0. The Morgan fingerprint density at radius 2 is 1.83 bits per heavy atom. The van der Waals surface area contributed by atoms with Crippen LogP contribution in [0, 0.1) is 5.41 Å². The Morgan fingerprint density at radius 3 is 2.17 bits per heavy atom. The molecule has 0 aliphatic heterocycles. The molecule has 2 unspecified atom stereocenters. The van der Waals surface area contributed by atoms with Gasteiger partial charge in [-0.3, -0.25) is 14.4 Å². The minimum Gasteiger partial charge on any atom is -0.481 e. The first-order chi connectivity index (χ1) is 8.30. The summed E-state index contributed by atoms with van der Waals surface area (Å²) in [6.45, 7) is 6.62. The fourth-order valence-electron chi connectivity index (χ4n) is 1.77. The van der Waals surface area contributed by atoms with Crippen LogP contribution in [0.5, 0.6) is 0 Å². The lowest BCUT2D eigenvalue weighted by molar-refractivity contribution is -0.169. The average molecular weight is 258 g/mol. The zero-order chi connectivity index (χ0) is 14.3. The lowest BCUT2D eigenvalue weighted by Gasteiger charge is -2.28. The Morgan fingerprint density at radius 1 is 1.28 bits per heavy atom. The molecule has 0 fully saturated rings. The normalized spacial score (nSPS) is 15.6. The number of carbonyl (C=O) groups is 3. The molecule has 0 radical (unpaired) electrons. The van der Waals surface area contributed by atoms with Gasteiger partial charge in [0, 0.05) is 0 Å². The van der Waals surface area contributed by atoms with Crippen LogP contribution in [0.2, 0.25) is 0 Å². The molecule has 0 aromatic carbocycles. The molecule has 5 nitrogen and oxygen atoms in total. The Balaban J connectivity index is 5.20. The zero-order valence-electron chi connectivity index (χ0n) is 11.5. The maximum atomic E-state index is 12.1. The Labute approximate surface area is 108 Å². The van der Waals surface area contributed by atoms with Crippen molar-refractivity contribution in [3.8, 4) is 0 Å². The molecule has 1 N–H and O–H groups in total. The van der Waals surface area contributed by atoms with E-state index >= 15 is 0 Å². The van der Waals surface area contributed by atoms with Crippen LogP contribution in [-0.4, -0.2) is 28.9 Å². The van der Waals surface area contributed by atoms with Crippen molar-refractivity contribution in [1.29, 1.82) is 0 Å². The summed E-state index contributed by atoms with van der Waals surface area (Å²) in [5, 5.41) is 8.90. The smallest absolute Gasteiger partial charge is 0.320 e. The predicted molar refractivity (Wildman–Crippen MR) is 66.1 cm³/mol. The first kappa shape index (κ1) is 16.6. The summed E-state index contributed by atoms with van der Waals surface area (Å²) in [5.74, 6) is -2.33. The van der Waals surface area contributed by atoms with Crippen molar-refractivity contribution >= 4 is 17.7 Å². The van der Waals surface area contributed by atoms with Gasteiger partial charge in [-0.15, -0.1) is 0 Å². The summed E-state index contributed by atoms with van der Waals surface area (Å²) in [6, 6.07) is 0. The molecular weight excluding hydrogens is 236 g/mol. The van der Waals surface area contributed by atoms with Crippen molar-refractivity contribution in [3.63, 3.8) is 0 Å². The predicted octanol–water partition coefficient (Wildman–Crippen LogP) is 2.18. The molecule has 0 saturated carbocycles. The number of aliphatic carboxylic acids is 1. The Bertz CT molecular complexity index is 323. The fourth-order valence-corrected chi connectivity index (χ4v) is 1.77. The van der Waals surface area contributed by atoms with Crippen molar-refractivity contribution in [1.82, 2.24) is 0 Å². The molecule has 0 aromatic heterocycles. The number of hydrogen-bond donors (Lipinski definition) is 1. The van der Waals surface area contributed by atoms with Crippen LogP contribution >= 0.6 is 0 Å². The molecule has 18 heavy (non-hydrogen) atoms. The third-order valence-corrected chi connectivity index (χ3v) is 3.08. The largest absolute Gasteiger partial charge is 0.481 e. The highest BCUT2D eigenvalue weighted by Gasteiger charge is 2.46. The number of carbonyl (C=O) groups excluding carboxylic acids is 2. The second-order valence-electron chi connectivity index (χ2n) is 4.58. The lowest BCUT2D eigenvalue weighted by atomic mass is 9.76. The van der Waals surface area contributed by atoms with Gasteiger partial charge < -0.3 is 9.84 Å². The van der Waals surface area contributed by atoms with E-state index in [0.717, 1.165) is 0 Å². The quantitative estimate of drug-likeness (QED) is 0.533. The fraction of sp³-hybridized carbons (Fsp3) is 0.769. The van der Waals surface area contributed by atoms with Crippen LogP contribution in [0.3, 0.4) is 0 Å². The highest BCUT2D eigenvalue weighted by molar-refractivity contribution is 6.05. The molecule has 2 atom stereocenters. The van der Waals surface area contributed by atoms with Crippen LogP contribution in [-0.2, 0) is 19.1 Å². The molecular formula is C13H22O5. The molecule has 0 heterocycles. The molecule has 0 aliphatic rings. The lowest BCUT2D eigenvalue weighted by Crippen LogP contribution is -2.42. The number of ether oxygens (including phenoxy) is 1. The monoisotopic (exact) mass is 258 g/mol. The van der Waals surface area contributed by atoms with Gasteiger partial charge in [0.2, 0.25) is 0 Å². The van der Waals surface area contributed by atoms with Gasteiger partial charge in [-0.05, 0) is 26.7 Å². The van der Waals surface area contributed by atoms with Gasteiger partial charge in [-0.1, -0.05) is 20.3 Å². The van der Waals surface area contributed by atoms with Gasteiger partial charge in [0.15, 0.2) is 0 Å². The van der Waals surface area contributed by atoms with E-state index in [1.54, 1.807) is 13.8 Å². The maximum Gasteiger partial charge on any atom is 0.320 e. The van der Waals surface area contributed by atoms with E-state index in [2.05, 4.69) is 0 Å². The molecule has 0 spiro atoms. The number of ketones is 1. The summed E-state index contributed by atoms with van der Waals surface area (Å²) in [6.07, 6.45) is 0.540. The maximum absolute atomic E-state index is 12.1. The summed E-state index contributed by atoms with van der Waals surface area (Å²) in [4.78, 5) is 34.7. The van der Waals surface area contributed by atoms with E-state index in [4.69, 9.17) is 9.84 Å². The van der Waals surface area contributed by atoms with E-state index in [1.165, 1.54) is 6.92 Å². The topological polar surface area (TPSA) is 80.7 Å². The number of esters is 1. The number of hydrogen-bond acceptors (Lipinski definition) is 4. The Hall–Kier alpha value is -1.39. The molecule has 104 valence electrons. The van der Waals surface area contributed by atoms with E-state index < -0.39 is 29.6 Å². The van der Waals surface area contributed by atoms with Crippen LogP contribution in [0.1, 0.15) is 53.4 Å². The number of carboxylic acids is 1. The number of Topliss-reactive ketones (excluding diaryl/α,β-unsaturated/α-hetero) is 1. The SMILES string of the molecule is CCCC(CC(=O)O)(C(C)=O)C(=O)OC(C)CC. The standard InChI is InChI=1S/C13H22O5/c1-5-7-13(10(4)14,8-11(15)16)12(17)18-9(3)6-2/h9H,5-8H2,1-4H3,(H,15,16). The van der Waals surface area contributed by atoms with Crippen molar-refractivity contribution < 1.29 is 24.2 Å². The summed E-state index contributed by atoms with van der Waals surface area (Å²) < 4.78 is 5.16. The number of carboxylic acid groups (broad SMARTS) is 1. The first-order valence-electron chi connectivity index (χ1n) is 6.24. The van der Waals surface area contributed by atoms with Crippen molar-refractivity contribution in [2.24, 2.45) is 5.41 Å². The number of rotatable bonds is 8. The molecule has 0 bridgehead atoms. The second kappa shape index (κ2) is 7.13. The molecule has 5 heteroatoms. The second-order valence-corrected chi connectivity index (χ2v) is 4.58. The van der Waals surface area contributed by atoms with Gasteiger partial charge in [-0.25, -0.2) is 0 Å². The van der Waals surface area contributed by atoms with E-state index in [0.29, 0.717) is 12.8 Å². The average Bonchev–Trinajstić information content (AvgIpc) is 2.26. The van der Waals surface area contributed by atoms with Crippen LogP contribution in [0.15, 0.2) is 0 Å². The third kappa shape index (κ3) is 4.13. The van der Waals surface area contributed by atoms with Crippen molar-refractivity contribution in [2.75, 3.05) is 0 Å². The van der Waals surface area contributed by atoms with Gasteiger partial charge in [-0.2, -0.15) is 0 Å². The van der Waals surface area contributed by atoms with E-state index in [1.807, 2.05) is 6.92 Å². The van der Waals surface area contributed by atoms with E-state index in [-0.39, 0.29) is 12.5 Å². The van der Waals surface area contributed by atoms with Gasteiger partial charge in [0.25, 0.3) is 0 Å². The van der Waals surface area contributed by atoms with Crippen molar-refractivity contribution in [3.05, 3.63) is 0 Å². The molecule has 0 aliphatic carbocycles. The van der Waals surface area contributed by atoms with Crippen LogP contribution < -0.4 is 0 Å². The van der Waals surface area contributed by atoms with Crippen LogP contribution in [0.25, 0.3) is 0 Å². The summed E-state index contributed by atoms with van der Waals surface area (Å²) >= 11 is 0. The highest BCUT2D eigenvalue weighted by atomic mass is 16.5. The highest BCUT2D eigenvalue weighted by Crippen LogP contribution is 2.32. The molecule has 0 rings (SSSR count). The van der Waals surface area contributed by atoms with Crippen LogP contribution in [0.4, 0.5) is 0 Å². The van der Waals surface area contributed by atoms with Gasteiger partial charge in [0.1, 0.15) is 11.2 Å². The zero-order valence-corrected chi connectivity index (χ0v) is 11.5. The minimum atomic E-state index is -1.54. The Kier molecular flexibility index (Phi) is 6.58. The molecule has 0 amide bonds. The third-order valence-electron chi connectivity index (χ3n) is 3.08. The molecule has 0 aromatic rings. The van der Waals surface area contributed by atoms with Crippen molar-refractivity contribution in [2.45, 2.75) is 59.5 Å². The van der Waals surface area contributed by atoms with Gasteiger partial charge >= 0.3 is 11.9 Å². The van der Waals surface area contributed by atoms with E-state index in [9.17, 15) is 14.4 Å².